The van der Waals surface area contributed by atoms with E-state index in [1.165, 1.54) is 17.2 Å². The van der Waals surface area contributed by atoms with Crippen LogP contribution in [0.3, 0.4) is 0 Å². The number of hydrogen-bond acceptors (Lipinski definition) is 8. The van der Waals surface area contributed by atoms with Crippen molar-refractivity contribution in [3.05, 3.63) is 73.8 Å². The minimum Gasteiger partial charge on any atom is -0.274 e. The Bertz CT molecular complexity index is 1000. The topological polar surface area (TPSA) is 148 Å². The molecule has 1 heterocycles. The Kier molecular flexibility index (Phi) is 5.58. The summed E-state index contributed by atoms with van der Waals surface area (Å²) in [6.07, 6.45) is 2.31. The Morgan fingerprint density at radius 3 is 2.24 bits per heavy atom. The number of amides is 2. The highest BCUT2D eigenvalue weighted by Crippen LogP contribution is 2.28. The summed E-state index contributed by atoms with van der Waals surface area (Å²) < 4.78 is 0. The molecule has 1 aliphatic rings. The Hall–Kier alpha value is -4.15. The van der Waals surface area contributed by atoms with Crippen LogP contribution in [0.15, 0.2) is 47.6 Å². The number of nitrogens with zero attached hydrogens (tertiary/aromatic N) is 4. The number of hydrogen-bond donors (Lipinski definition) is 1. The number of unbranched alkanes of at least 4 members (excludes halogenated alkanes) is 1. The standard InChI is InChI=1S/C18H15N5O6/c24-17-13-5-1-2-6-14(13)18(25)21(17)10-4-3-9-19-20-15-8-7-12(22(26)27)11-16(15)23(28)29/h1-2,5-9,11,20H,3-4,10H2/b19-9+. The van der Waals surface area contributed by atoms with Crippen molar-refractivity contribution in [2.75, 3.05) is 12.0 Å². The molecule has 0 radical (unpaired) electrons. The van der Waals surface area contributed by atoms with Crippen molar-refractivity contribution in [1.82, 2.24) is 4.90 Å². The number of anilines is 1. The number of nitro benzene ring substituents is 2. The number of nitrogens with one attached hydrogen (secondary N) is 1. The van der Waals surface area contributed by atoms with E-state index in [2.05, 4.69) is 10.5 Å². The minimum absolute atomic E-state index is 0.0113. The molecular weight excluding hydrogens is 382 g/mol. The van der Waals surface area contributed by atoms with Crippen LogP contribution in [0.25, 0.3) is 0 Å². The van der Waals surface area contributed by atoms with E-state index in [-0.39, 0.29) is 24.0 Å². The molecule has 0 bridgehead atoms. The van der Waals surface area contributed by atoms with Crippen molar-refractivity contribution >= 4 is 35.1 Å². The molecule has 0 aliphatic carbocycles. The van der Waals surface area contributed by atoms with Gasteiger partial charge in [-0.1, -0.05) is 12.1 Å². The van der Waals surface area contributed by atoms with Crippen molar-refractivity contribution in [3.8, 4) is 0 Å². The zero-order chi connectivity index (χ0) is 21.0. The maximum Gasteiger partial charge on any atom is 0.301 e. The number of carbonyl (C=O) groups excluding carboxylic acids is 2. The molecule has 1 aliphatic heterocycles. The van der Waals surface area contributed by atoms with E-state index in [0.717, 1.165) is 12.1 Å². The average molecular weight is 397 g/mol. The van der Waals surface area contributed by atoms with Crippen LogP contribution in [0.1, 0.15) is 33.6 Å². The quantitative estimate of drug-likeness (QED) is 0.237. The van der Waals surface area contributed by atoms with Crippen LogP contribution in [0.5, 0.6) is 0 Å². The number of hydrazone groups is 1. The van der Waals surface area contributed by atoms with Gasteiger partial charge in [0.2, 0.25) is 0 Å². The summed E-state index contributed by atoms with van der Waals surface area (Å²) in [4.78, 5) is 46.0. The van der Waals surface area contributed by atoms with E-state index in [0.29, 0.717) is 24.0 Å². The third-order valence-electron chi connectivity index (χ3n) is 4.26. The minimum atomic E-state index is -0.743. The SMILES string of the molecule is O=C1c2ccccc2C(=O)N1CCC/C=N/Nc1ccc([N+](=O)[O-])cc1[N+](=O)[O-]. The van der Waals surface area contributed by atoms with Gasteiger partial charge in [-0.2, -0.15) is 5.10 Å². The number of imide groups is 1. The molecular formula is C18H15N5O6. The Morgan fingerprint density at radius 2 is 1.66 bits per heavy atom. The van der Waals surface area contributed by atoms with Crippen molar-refractivity contribution in [2.45, 2.75) is 12.8 Å². The monoisotopic (exact) mass is 397 g/mol. The van der Waals surface area contributed by atoms with Gasteiger partial charge in [0.1, 0.15) is 5.69 Å². The molecule has 148 valence electrons. The maximum absolute atomic E-state index is 12.2. The lowest BCUT2D eigenvalue weighted by Crippen LogP contribution is -2.30. The summed E-state index contributed by atoms with van der Waals surface area (Å²) in [5.41, 5.74) is 2.40. The fraction of sp³-hybridized carbons (Fsp3) is 0.167. The number of non-ortho nitro benzene ring substituents is 1. The molecule has 0 atom stereocenters. The summed E-state index contributed by atoms with van der Waals surface area (Å²) in [5.74, 6) is -0.663. The fourth-order valence-electron chi connectivity index (χ4n) is 2.84. The van der Waals surface area contributed by atoms with E-state index in [4.69, 9.17) is 0 Å². The summed E-state index contributed by atoms with van der Waals surface area (Å²) in [6, 6.07) is 9.79. The molecule has 11 nitrogen and oxygen atoms in total. The third kappa shape index (κ3) is 4.08. The third-order valence-corrected chi connectivity index (χ3v) is 4.26. The second kappa shape index (κ2) is 8.25. The Morgan fingerprint density at radius 1 is 1.00 bits per heavy atom. The van der Waals surface area contributed by atoms with Crippen LogP contribution >= 0.6 is 0 Å². The van der Waals surface area contributed by atoms with Gasteiger partial charge in [-0.3, -0.25) is 40.1 Å². The molecule has 0 unspecified atom stereocenters. The molecule has 11 heteroatoms. The van der Waals surface area contributed by atoms with Crippen LogP contribution in [-0.2, 0) is 0 Å². The number of nitro groups is 2. The number of rotatable bonds is 8. The van der Waals surface area contributed by atoms with Crippen LogP contribution < -0.4 is 5.43 Å². The predicted octanol–water partition coefficient (Wildman–Crippen LogP) is 2.98. The molecule has 1 N–H and O–H groups in total. The van der Waals surface area contributed by atoms with Crippen molar-refractivity contribution < 1.29 is 19.4 Å². The van der Waals surface area contributed by atoms with E-state index >= 15 is 0 Å². The van der Waals surface area contributed by atoms with Gasteiger partial charge in [0.25, 0.3) is 17.5 Å². The number of carbonyl (C=O) groups is 2. The van der Waals surface area contributed by atoms with Gasteiger partial charge in [-0.25, -0.2) is 0 Å². The first-order valence-corrected chi connectivity index (χ1v) is 8.55. The Balaban J connectivity index is 1.53. The number of fused-ring (bicyclic) bond motifs is 1. The first-order chi connectivity index (χ1) is 13.9. The molecule has 0 fully saturated rings. The van der Waals surface area contributed by atoms with E-state index in [9.17, 15) is 29.8 Å². The first-order valence-electron chi connectivity index (χ1n) is 8.55. The molecule has 0 spiro atoms. The lowest BCUT2D eigenvalue weighted by atomic mass is 10.1. The molecule has 29 heavy (non-hydrogen) atoms. The maximum atomic E-state index is 12.2. The van der Waals surface area contributed by atoms with E-state index < -0.39 is 21.2 Å². The van der Waals surface area contributed by atoms with Gasteiger partial charge in [0.15, 0.2) is 0 Å². The Labute approximate surface area is 163 Å². The van der Waals surface area contributed by atoms with E-state index in [1.807, 2.05) is 0 Å². The smallest absolute Gasteiger partial charge is 0.274 e. The van der Waals surface area contributed by atoms with Gasteiger partial charge >= 0.3 is 5.69 Å². The van der Waals surface area contributed by atoms with Crippen LogP contribution in [0, 0.1) is 20.2 Å². The first kappa shape index (κ1) is 19.6. The zero-order valence-corrected chi connectivity index (χ0v) is 15.0. The van der Waals surface area contributed by atoms with Crippen molar-refractivity contribution in [3.63, 3.8) is 0 Å². The fourth-order valence-corrected chi connectivity index (χ4v) is 2.84. The average Bonchev–Trinajstić information content (AvgIpc) is 2.95. The second-order valence-electron chi connectivity index (χ2n) is 6.09. The molecule has 2 amide bonds. The summed E-state index contributed by atoms with van der Waals surface area (Å²) in [5, 5.41) is 25.6. The molecule has 2 aromatic carbocycles. The lowest BCUT2D eigenvalue weighted by molar-refractivity contribution is -0.393. The van der Waals surface area contributed by atoms with Gasteiger partial charge < -0.3 is 0 Å². The molecule has 0 saturated carbocycles. The number of benzene rings is 2. The molecule has 3 rings (SSSR count). The molecule has 0 aromatic heterocycles. The zero-order valence-electron chi connectivity index (χ0n) is 15.0. The van der Waals surface area contributed by atoms with Crippen LogP contribution in [-0.4, -0.2) is 39.3 Å². The molecule has 0 saturated heterocycles. The van der Waals surface area contributed by atoms with Gasteiger partial charge in [0.05, 0.1) is 27.0 Å². The highest BCUT2D eigenvalue weighted by molar-refractivity contribution is 6.21. The normalized spacial score (nSPS) is 13.0. The largest absolute Gasteiger partial charge is 0.301 e. The summed E-state index contributed by atoms with van der Waals surface area (Å²) in [6.45, 7) is 0.218. The van der Waals surface area contributed by atoms with Gasteiger partial charge in [0, 0.05) is 18.8 Å². The highest BCUT2D eigenvalue weighted by Gasteiger charge is 2.34. The van der Waals surface area contributed by atoms with Crippen molar-refractivity contribution in [2.24, 2.45) is 5.10 Å². The summed E-state index contributed by atoms with van der Waals surface area (Å²) in [7, 11) is 0. The molecule has 2 aromatic rings. The van der Waals surface area contributed by atoms with E-state index in [1.54, 1.807) is 24.3 Å². The van der Waals surface area contributed by atoms with Crippen LogP contribution in [0.2, 0.25) is 0 Å². The highest BCUT2D eigenvalue weighted by atomic mass is 16.6. The second-order valence-corrected chi connectivity index (χ2v) is 6.09. The van der Waals surface area contributed by atoms with Crippen molar-refractivity contribution in [1.29, 1.82) is 0 Å². The van der Waals surface area contributed by atoms with Gasteiger partial charge in [-0.05, 0) is 31.0 Å². The van der Waals surface area contributed by atoms with Gasteiger partial charge in [-0.15, -0.1) is 0 Å². The van der Waals surface area contributed by atoms with Crippen LogP contribution in [0.4, 0.5) is 17.1 Å². The predicted molar refractivity (Wildman–Crippen MR) is 103 cm³/mol. The summed E-state index contributed by atoms with van der Waals surface area (Å²) >= 11 is 0. The lowest BCUT2D eigenvalue weighted by Gasteiger charge is -2.12.